The zero-order valence-electron chi connectivity index (χ0n) is 11.7. The quantitative estimate of drug-likeness (QED) is 0.690. The van der Waals surface area contributed by atoms with Gasteiger partial charge in [0.15, 0.2) is 0 Å². The first kappa shape index (κ1) is 13.7. The molecule has 106 valence electrons. The number of hydrogen-bond acceptors (Lipinski definition) is 4. The topological polar surface area (TPSA) is 54.2 Å². The third-order valence-corrected chi connectivity index (χ3v) is 3.45. The summed E-state index contributed by atoms with van der Waals surface area (Å²) in [5, 5.41) is 9.25. The van der Waals surface area contributed by atoms with Crippen LogP contribution in [0.2, 0.25) is 0 Å². The smallest absolute Gasteiger partial charge is 0.234 e. The van der Waals surface area contributed by atoms with E-state index in [-0.39, 0.29) is 0 Å². The summed E-state index contributed by atoms with van der Waals surface area (Å²) in [4.78, 5) is 13.6. The highest BCUT2D eigenvalue weighted by Gasteiger charge is 2.38. The summed E-state index contributed by atoms with van der Waals surface area (Å²) in [6.07, 6.45) is 0.607. The zero-order valence-corrected chi connectivity index (χ0v) is 11.7. The number of aliphatic imine (C=N–C) groups is 2. The first-order chi connectivity index (χ1) is 10.2. The van der Waals surface area contributed by atoms with Gasteiger partial charge in [-0.25, -0.2) is 20.1 Å². The Kier molecular flexibility index (Phi) is 3.64. The SMILES string of the molecule is CC1(OO)N=C(Cc2ccccc2)N=C1c1ccccc1. The molecule has 1 heterocycles. The minimum absolute atomic E-state index is 0.607. The van der Waals surface area contributed by atoms with Gasteiger partial charge in [0, 0.05) is 12.0 Å². The van der Waals surface area contributed by atoms with Gasteiger partial charge in [0.25, 0.3) is 0 Å². The molecule has 0 aromatic heterocycles. The molecule has 0 radical (unpaired) electrons. The minimum atomic E-state index is -1.15. The predicted molar refractivity (Wildman–Crippen MR) is 82.7 cm³/mol. The van der Waals surface area contributed by atoms with Crippen LogP contribution in [0.5, 0.6) is 0 Å². The fraction of sp³-hybridized carbons (Fsp3) is 0.176. The van der Waals surface area contributed by atoms with Gasteiger partial charge in [0.05, 0.1) is 0 Å². The van der Waals surface area contributed by atoms with Crippen LogP contribution in [0.15, 0.2) is 70.6 Å². The average molecular weight is 280 g/mol. The Morgan fingerprint density at radius 2 is 1.62 bits per heavy atom. The van der Waals surface area contributed by atoms with Gasteiger partial charge in [-0.3, -0.25) is 0 Å². The van der Waals surface area contributed by atoms with E-state index in [1.54, 1.807) is 6.92 Å². The van der Waals surface area contributed by atoms with E-state index in [9.17, 15) is 5.26 Å². The minimum Gasteiger partial charge on any atom is -0.249 e. The summed E-state index contributed by atoms with van der Waals surface area (Å²) in [5.41, 5.74) is 1.48. The molecule has 1 unspecified atom stereocenters. The summed E-state index contributed by atoms with van der Waals surface area (Å²) < 4.78 is 0. The summed E-state index contributed by atoms with van der Waals surface area (Å²) in [5.74, 6) is 0.650. The number of benzene rings is 2. The average Bonchev–Trinajstić information content (AvgIpc) is 2.86. The van der Waals surface area contributed by atoms with Crippen LogP contribution in [-0.2, 0) is 11.3 Å². The maximum absolute atomic E-state index is 9.25. The molecule has 2 aromatic rings. The van der Waals surface area contributed by atoms with E-state index in [0.29, 0.717) is 18.0 Å². The van der Waals surface area contributed by atoms with Gasteiger partial charge in [-0.15, -0.1) is 0 Å². The van der Waals surface area contributed by atoms with Gasteiger partial charge in [-0.2, -0.15) is 0 Å². The summed E-state index contributed by atoms with van der Waals surface area (Å²) in [6.45, 7) is 1.71. The molecule has 0 spiro atoms. The Morgan fingerprint density at radius 3 is 2.24 bits per heavy atom. The number of hydrogen-bond donors (Lipinski definition) is 1. The van der Waals surface area contributed by atoms with E-state index < -0.39 is 5.72 Å². The van der Waals surface area contributed by atoms with Gasteiger partial charge in [0.1, 0.15) is 11.5 Å². The molecule has 0 saturated carbocycles. The highest BCUT2D eigenvalue weighted by atomic mass is 17.1. The highest BCUT2D eigenvalue weighted by Crippen LogP contribution is 2.26. The van der Waals surface area contributed by atoms with Crippen molar-refractivity contribution in [3.63, 3.8) is 0 Å². The molecule has 0 fully saturated rings. The van der Waals surface area contributed by atoms with Crippen molar-refractivity contribution in [1.82, 2.24) is 0 Å². The highest BCUT2D eigenvalue weighted by molar-refractivity contribution is 6.16. The Hall–Kier alpha value is -2.30. The van der Waals surface area contributed by atoms with Crippen molar-refractivity contribution >= 4 is 11.5 Å². The molecule has 1 N–H and O–H groups in total. The number of nitrogens with zero attached hydrogens (tertiary/aromatic N) is 2. The molecular weight excluding hydrogens is 264 g/mol. The van der Waals surface area contributed by atoms with E-state index in [4.69, 9.17) is 0 Å². The molecule has 2 aromatic carbocycles. The molecular formula is C17H16N2O2. The van der Waals surface area contributed by atoms with Crippen LogP contribution in [-0.4, -0.2) is 22.5 Å². The standard InChI is InChI=1S/C17H16N2O2/c1-17(21-20)16(14-10-6-3-7-11-14)18-15(19-17)12-13-8-4-2-5-9-13/h2-11,20H,12H2,1H3. The second-order valence-electron chi connectivity index (χ2n) is 5.09. The van der Waals surface area contributed by atoms with Crippen molar-refractivity contribution in [3.8, 4) is 0 Å². The second-order valence-corrected chi connectivity index (χ2v) is 5.09. The van der Waals surface area contributed by atoms with Crippen molar-refractivity contribution < 1.29 is 10.1 Å². The van der Waals surface area contributed by atoms with Crippen LogP contribution in [0.25, 0.3) is 0 Å². The zero-order chi connectivity index (χ0) is 14.7. The molecule has 3 rings (SSSR count). The van der Waals surface area contributed by atoms with Gasteiger partial charge in [0.2, 0.25) is 5.72 Å². The van der Waals surface area contributed by atoms with Crippen molar-refractivity contribution in [1.29, 1.82) is 0 Å². The van der Waals surface area contributed by atoms with Crippen molar-refractivity contribution in [3.05, 3.63) is 71.8 Å². The van der Waals surface area contributed by atoms with Crippen LogP contribution < -0.4 is 0 Å². The molecule has 1 aliphatic rings. The lowest BCUT2D eigenvalue weighted by atomic mass is 10.0. The Morgan fingerprint density at radius 1 is 1.00 bits per heavy atom. The van der Waals surface area contributed by atoms with Gasteiger partial charge < -0.3 is 0 Å². The largest absolute Gasteiger partial charge is 0.249 e. The lowest BCUT2D eigenvalue weighted by Crippen LogP contribution is -2.33. The second kappa shape index (κ2) is 5.60. The summed E-state index contributed by atoms with van der Waals surface area (Å²) >= 11 is 0. The van der Waals surface area contributed by atoms with E-state index >= 15 is 0 Å². The van der Waals surface area contributed by atoms with Crippen LogP contribution >= 0.6 is 0 Å². The fourth-order valence-corrected chi connectivity index (χ4v) is 2.41. The van der Waals surface area contributed by atoms with Gasteiger partial charge in [-0.1, -0.05) is 60.7 Å². The van der Waals surface area contributed by atoms with Crippen molar-refractivity contribution in [2.24, 2.45) is 9.98 Å². The van der Waals surface area contributed by atoms with Crippen LogP contribution in [0.1, 0.15) is 18.1 Å². The molecule has 0 amide bonds. The third kappa shape index (κ3) is 2.77. The molecule has 4 nitrogen and oxygen atoms in total. The molecule has 0 bridgehead atoms. The predicted octanol–water partition coefficient (Wildman–Crippen LogP) is 3.34. The van der Waals surface area contributed by atoms with Crippen LogP contribution in [0.4, 0.5) is 0 Å². The Balaban J connectivity index is 1.93. The van der Waals surface area contributed by atoms with E-state index in [2.05, 4.69) is 14.9 Å². The molecule has 0 aliphatic carbocycles. The summed E-state index contributed by atoms with van der Waals surface area (Å²) in [6, 6.07) is 19.6. The number of amidine groups is 1. The molecule has 21 heavy (non-hydrogen) atoms. The van der Waals surface area contributed by atoms with E-state index in [1.807, 2.05) is 60.7 Å². The van der Waals surface area contributed by atoms with Gasteiger partial charge >= 0.3 is 0 Å². The van der Waals surface area contributed by atoms with Gasteiger partial charge in [-0.05, 0) is 12.5 Å². The third-order valence-electron chi connectivity index (χ3n) is 3.45. The first-order valence-corrected chi connectivity index (χ1v) is 6.81. The molecule has 1 aliphatic heterocycles. The molecule has 4 heteroatoms. The van der Waals surface area contributed by atoms with Crippen LogP contribution in [0, 0.1) is 0 Å². The Labute approximate surface area is 123 Å². The first-order valence-electron chi connectivity index (χ1n) is 6.81. The monoisotopic (exact) mass is 280 g/mol. The normalized spacial score (nSPS) is 21.0. The number of rotatable bonds is 4. The fourth-order valence-electron chi connectivity index (χ4n) is 2.41. The van der Waals surface area contributed by atoms with Crippen molar-refractivity contribution in [2.75, 3.05) is 0 Å². The maximum atomic E-state index is 9.25. The molecule has 1 atom stereocenters. The summed E-state index contributed by atoms with van der Waals surface area (Å²) in [7, 11) is 0. The van der Waals surface area contributed by atoms with Crippen molar-refractivity contribution in [2.45, 2.75) is 19.1 Å². The van der Waals surface area contributed by atoms with E-state index in [0.717, 1.165) is 11.1 Å². The lowest BCUT2D eigenvalue weighted by molar-refractivity contribution is -0.291. The lowest BCUT2D eigenvalue weighted by Gasteiger charge is -2.18. The van der Waals surface area contributed by atoms with E-state index in [1.165, 1.54) is 0 Å². The Bertz CT molecular complexity index is 680. The van der Waals surface area contributed by atoms with Crippen LogP contribution in [0.3, 0.4) is 0 Å². The maximum Gasteiger partial charge on any atom is 0.234 e. The molecule has 0 saturated heterocycles.